The molecular weight excluding hydrogens is 190 g/mol. The average molecular weight is 205 g/mol. The normalized spacial score (nSPS) is 12.2. The van der Waals surface area contributed by atoms with E-state index in [4.69, 9.17) is 5.11 Å². The zero-order chi connectivity index (χ0) is 10.4. The lowest BCUT2D eigenvalue weighted by Gasteiger charge is -2.16. The summed E-state index contributed by atoms with van der Waals surface area (Å²) >= 11 is 1.59. The Morgan fingerprint density at radius 2 is 2.08 bits per heavy atom. The molecule has 0 aromatic rings. The number of likely N-dealkylation sites (N-methyl/N-ethyl adjacent to an activating group) is 1. The lowest BCUT2D eigenvalue weighted by molar-refractivity contribution is -0.143. The van der Waals surface area contributed by atoms with Gasteiger partial charge in [0.2, 0.25) is 5.91 Å². The summed E-state index contributed by atoms with van der Waals surface area (Å²) in [4.78, 5) is 22.8. The van der Waals surface area contributed by atoms with Crippen molar-refractivity contribution in [2.24, 2.45) is 0 Å². The van der Waals surface area contributed by atoms with Crippen LogP contribution in [0.2, 0.25) is 0 Å². The molecular formula is C8H15NO3S. The Kier molecular flexibility index (Phi) is 5.53. The molecule has 5 heteroatoms. The fourth-order valence-electron chi connectivity index (χ4n) is 0.776. The van der Waals surface area contributed by atoms with Gasteiger partial charge >= 0.3 is 5.97 Å². The molecule has 0 aromatic carbocycles. The topological polar surface area (TPSA) is 57.6 Å². The molecule has 4 nitrogen and oxygen atoms in total. The van der Waals surface area contributed by atoms with Crippen molar-refractivity contribution in [1.82, 2.24) is 4.90 Å². The maximum Gasteiger partial charge on any atom is 0.323 e. The number of hydrogen-bond donors (Lipinski definition) is 1. The van der Waals surface area contributed by atoms with Crippen LogP contribution < -0.4 is 0 Å². The standard InChI is InChI=1S/C8H15NO3S/c1-6(13-3)4-7(10)9(2)5-8(11)12/h6H,4-5H2,1-3H3,(H,11,12). The van der Waals surface area contributed by atoms with Gasteiger partial charge in [0.25, 0.3) is 0 Å². The van der Waals surface area contributed by atoms with Crippen LogP contribution in [0.3, 0.4) is 0 Å². The SMILES string of the molecule is CSC(C)CC(=O)N(C)CC(=O)O. The van der Waals surface area contributed by atoms with Crippen molar-refractivity contribution in [1.29, 1.82) is 0 Å². The number of hydrogen-bond acceptors (Lipinski definition) is 3. The number of carboxylic acid groups (broad SMARTS) is 1. The molecule has 0 aliphatic carbocycles. The highest BCUT2D eigenvalue weighted by Gasteiger charge is 2.14. The van der Waals surface area contributed by atoms with Crippen molar-refractivity contribution in [3.8, 4) is 0 Å². The van der Waals surface area contributed by atoms with Gasteiger partial charge in [-0.1, -0.05) is 6.92 Å². The molecule has 0 rings (SSSR count). The summed E-state index contributed by atoms with van der Waals surface area (Å²) in [6, 6.07) is 0. The molecule has 0 saturated heterocycles. The molecule has 0 heterocycles. The van der Waals surface area contributed by atoms with Gasteiger partial charge in [-0.3, -0.25) is 9.59 Å². The fourth-order valence-corrected chi connectivity index (χ4v) is 1.09. The quantitative estimate of drug-likeness (QED) is 0.716. The Morgan fingerprint density at radius 3 is 2.46 bits per heavy atom. The molecule has 1 amide bonds. The highest BCUT2D eigenvalue weighted by Crippen LogP contribution is 2.10. The summed E-state index contributed by atoms with van der Waals surface area (Å²) in [6.07, 6.45) is 2.32. The van der Waals surface area contributed by atoms with E-state index in [1.54, 1.807) is 11.8 Å². The van der Waals surface area contributed by atoms with Gasteiger partial charge in [-0.15, -0.1) is 0 Å². The van der Waals surface area contributed by atoms with Crippen molar-refractivity contribution in [2.75, 3.05) is 19.8 Å². The number of amides is 1. The van der Waals surface area contributed by atoms with Gasteiger partial charge in [0, 0.05) is 18.7 Å². The minimum absolute atomic E-state index is 0.121. The summed E-state index contributed by atoms with van der Waals surface area (Å²) in [7, 11) is 1.50. The first-order valence-electron chi connectivity index (χ1n) is 3.96. The van der Waals surface area contributed by atoms with E-state index in [-0.39, 0.29) is 17.7 Å². The summed E-state index contributed by atoms with van der Waals surface area (Å²) in [5, 5.41) is 8.66. The molecule has 0 aliphatic rings. The van der Waals surface area contributed by atoms with E-state index in [1.165, 1.54) is 11.9 Å². The minimum Gasteiger partial charge on any atom is -0.480 e. The van der Waals surface area contributed by atoms with Crippen molar-refractivity contribution in [3.05, 3.63) is 0 Å². The Labute approximate surface area is 82.3 Å². The van der Waals surface area contributed by atoms with Crippen molar-refractivity contribution in [3.63, 3.8) is 0 Å². The summed E-state index contributed by atoms with van der Waals surface area (Å²) in [6.45, 7) is 1.72. The molecule has 0 fully saturated rings. The van der Waals surface area contributed by atoms with Crippen molar-refractivity contribution in [2.45, 2.75) is 18.6 Å². The summed E-state index contributed by atoms with van der Waals surface area (Å²) < 4.78 is 0. The predicted molar refractivity (Wildman–Crippen MR) is 52.9 cm³/mol. The van der Waals surface area contributed by atoms with Gasteiger partial charge in [0.15, 0.2) is 0 Å². The first-order valence-corrected chi connectivity index (χ1v) is 5.24. The number of aliphatic carboxylic acids is 1. The molecule has 0 spiro atoms. The van der Waals surface area contributed by atoms with Crippen LogP contribution in [0.25, 0.3) is 0 Å². The Hall–Kier alpha value is -0.710. The maximum absolute atomic E-state index is 11.3. The second-order valence-electron chi connectivity index (χ2n) is 2.89. The third kappa shape index (κ3) is 5.52. The van der Waals surface area contributed by atoms with Gasteiger partial charge < -0.3 is 10.0 Å². The molecule has 1 unspecified atom stereocenters. The van der Waals surface area contributed by atoms with Crippen molar-refractivity contribution >= 4 is 23.6 Å². The zero-order valence-corrected chi connectivity index (χ0v) is 8.93. The van der Waals surface area contributed by atoms with Crippen molar-refractivity contribution < 1.29 is 14.7 Å². The molecule has 0 saturated carbocycles. The van der Waals surface area contributed by atoms with Crippen LogP contribution in [0.1, 0.15) is 13.3 Å². The number of thioether (sulfide) groups is 1. The Morgan fingerprint density at radius 1 is 1.54 bits per heavy atom. The van der Waals surface area contributed by atoms with Crippen LogP contribution in [0, 0.1) is 0 Å². The Bertz CT molecular complexity index is 196. The van der Waals surface area contributed by atoms with Crippen LogP contribution in [0.15, 0.2) is 0 Å². The fraction of sp³-hybridized carbons (Fsp3) is 0.750. The number of carbonyl (C=O) groups is 2. The lowest BCUT2D eigenvalue weighted by Crippen LogP contribution is -2.33. The summed E-state index contributed by atoms with van der Waals surface area (Å²) in [5.74, 6) is -1.10. The number of rotatable bonds is 5. The van der Waals surface area contributed by atoms with E-state index in [2.05, 4.69) is 0 Å². The molecule has 0 radical (unpaired) electrons. The lowest BCUT2D eigenvalue weighted by atomic mass is 10.3. The Balaban J connectivity index is 3.89. The third-order valence-corrected chi connectivity index (χ3v) is 2.63. The summed E-state index contributed by atoms with van der Waals surface area (Å²) in [5.41, 5.74) is 0. The van der Waals surface area contributed by atoms with E-state index >= 15 is 0 Å². The molecule has 0 aromatic heterocycles. The van der Waals surface area contributed by atoms with Gasteiger partial charge in [-0.05, 0) is 6.26 Å². The van der Waals surface area contributed by atoms with E-state index in [0.29, 0.717) is 6.42 Å². The molecule has 0 aliphatic heterocycles. The number of carboxylic acids is 1. The van der Waals surface area contributed by atoms with E-state index < -0.39 is 5.97 Å². The molecule has 1 atom stereocenters. The van der Waals surface area contributed by atoms with Crippen LogP contribution in [-0.4, -0.2) is 47.0 Å². The molecule has 0 bridgehead atoms. The highest BCUT2D eigenvalue weighted by atomic mass is 32.2. The smallest absolute Gasteiger partial charge is 0.323 e. The average Bonchev–Trinajstić information content (AvgIpc) is 2.02. The number of carbonyl (C=O) groups excluding carboxylic acids is 1. The van der Waals surface area contributed by atoms with Crippen LogP contribution in [-0.2, 0) is 9.59 Å². The molecule has 76 valence electrons. The maximum atomic E-state index is 11.3. The third-order valence-electron chi connectivity index (χ3n) is 1.66. The molecule has 13 heavy (non-hydrogen) atoms. The predicted octanol–water partition coefficient (Wildman–Crippen LogP) is 0.671. The van der Waals surface area contributed by atoms with Gasteiger partial charge in [0.05, 0.1) is 0 Å². The highest BCUT2D eigenvalue weighted by molar-refractivity contribution is 7.99. The second kappa shape index (κ2) is 5.85. The number of nitrogens with zero attached hydrogens (tertiary/aromatic N) is 1. The van der Waals surface area contributed by atoms with Gasteiger partial charge in [0.1, 0.15) is 6.54 Å². The van der Waals surface area contributed by atoms with E-state index in [1.807, 2.05) is 13.2 Å². The van der Waals surface area contributed by atoms with E-state index in [9.17, 15) is 9.59 Å². The van der Waals surface area contributed by atoms with E-state index in [0.717, 1.165) is 0 Å². The minimum atomic E-state index is -0.979. The first kappa shape index (κ1) is 12.3. The largest absolute Gasteiger partial charge is 0.480 e. The van der Waals surface area contributed by atoms with Crippen LogP contribution >= 0.6 is 11.8 Å². The molecule has 1 N–H and O–H groups in total. The van der Waals surface area contributed by atoms with Crippen LogP contribution in [0.4, 0.5) is 0 Å². The van der Waals surface area contributed by atoms with Gasteiger partial charge in [-0.25, -0.2) is 0 Å². The first-order chi connectivity index (χ1) is 5.97. The second-order valence-corrected chi connectivity index (χ2v) is 4.17. The van der Waals surface area contributed by atoms with Crippen LogP contribution in [0.5, 0.6) is 0 Å². The van der Waals surface area contributed by atoms with Gasteiger partial charge in [-0.2, -0.15) is 11.8 Å². The zero-order valence-electron chi connectivity index (χ0n) is 8.11. The monoisotopic (exact) mass is 205 g/mol.